The number of hydrogen-bond acceptors (Lipinski definition) is 12. The molecular weight excluding hydrogens is 856 g/mol. The number of hydrogen-bond donors (Lipinski definition) is 3. The molecule has 0 aromatic rings. The van der Waals surface area contributed by atoms with Crippen molar-refractivity contribution >= 4 is 37.5 Å². The van der Waals surface area contributed by atoms with Crippen LogP contribution in [0.4, 0.5) is 0 Å². The second-order valence-electron chi connectivity index (χ2n) is 16.6. The minimum atomic E-state index is -4.78. The van der Waals surface area contributed by atoms with Crippen LogP contribution >= 0.6 is 19.6 Å². The molecule has 5 atom stereocenters. The van der Waals surface area contributed by atoms with Crippen LogP contribution in [-0.4, -0.2) is 109 Å². The van der Waals surface area contributed by atoms with Crippen molar-refractivity contribution in [2.75, 3.05) is 53.3 Å². The summed E-state index contributed by atoms with van der Waals surface area (Å²) in [4.78, 5) is 49.4. The van der Waals surface area contributed by atoms with Crippen LogP contribution in [0.5, 0.6) is 0 Å². The number of nitrogens with zero attached hydrogens (tertiary/aromatic N) is 1. The van der Waals surface area contributed by atoms with E-state index in [0.29, 0.717) is 17.4 Å². The topological polar surface area (TPSA) is 195 Å². The average Bonchev–Trinajstić information content (AvgIpc) is 3.23. The molecule has 0 amide bonds. The third-order valence-electron chi connectivity index (χ3n) is 9.38. The van der Waals surface area contributed by atoms with Gasteiger partial charge in [-0.3, -0.25) is 18.9 Å². The molecule has 366 valence electrons. The first kappa shape index (κ1) is 60.9. The van der Waals surface area contributed by atoms with Crippen LogP contribution in [0, 0.1) is 0 Å². The van der Waals surface area contributed by atoms with Gasteiger partial charge in [0.05, 0.1) is 33.9 Å². The second-order valence-corrected chi connectivity index (χ2v) is 19.2. The molecule has 0 bridgehead atoms. The van der Waals surface area contributed by atoms with E-state index in [0.717, 1.165) is 44.9 Å². The van der Waals surface area contributed by atoms with Crippen molar-refractivity contribution in [2.24, 2.45) is 5.73 Å². The number of thioether (sulfide) groups is 1. The molecule has 0 heterocycles. The van der Waals surface area contributed by atoms with Crippen LogP contribution in [0.2, 0.25) is 0 Å². The van der Waals surface area contributed by atoms with E-state index in [4.69, 9.17) is 29.4 Å². The van der Waals surface area contributed by atoms with Crippen molar-refractivity contribution in [1.29, 1.82) is 0 Å². The quantitative estimate of drug-likeness (QED) is 0.0131. The van der Waals surface area contributed by atoms with Gasteiger partial charge in [-0.25, -0.2) is 0 Å². The number of phosphoric acid groups is 1. The number of carboxylic acid groups (broad SMARTS) is 1. The molecule has 0 aliphatic carbocycles. The summed E-state index contributed by atoms with van der Waals surface area (Å²) in [6.07, 6.45) is 40.9. The summed E-state index contributed by atoms with van der Waals surface area (Å²) >= 11 is 1.21. The molecule has 0 aliphatic rings. The van der Waals surface area contributed by atoms with Gasteiger partial charge in [0.1, 0.15) is 25.8 Å². The number of aliphatic hydroxyl groups is 1. The van der Waals surface area contributed by atoms with Crippen LogP contribution in [0.1, 0.15) is 129 Å². The Morgan fingerprint density at radius 2 is 1.30 bits per heavy atom. The number of allylic oxidation sites excluding steroid dienone is 13. The highest BCUT2D eigenvalue weighted by Gasteiger charge is 2.25. The monoisotopic (exact) mass is 939 g/mol. The molecule has 0 fully saturated rings. The van der Waals surface area contributed by atoms with Crippen molar-refractivity contribution in [1.82, 2.24) is 0 Å². The number of carboxylic acids is 1. The molecule has 13 nitrogen and oxygen atoms in total. The normalized spacial score (nSPS) is 15.6. The van der Waals surface area contributed by atoms with Crippen LogP contribution in [0.25, 0.3) is 0 Å². The average molecular weight is 939 g/mol. The highest BCUT2D eigenvalue weighted by atomic mass is 32.2. The van der Waals surface area contributed by atoms with E-state index in [1.165, 1.54) is 50.3 Å². The first-order valence-electron chi connectivity index (χ1n) is 23.2. The molecule has 0 aliphatic heterocycles. The van der Waals surface area contributed by atoms with Crippen molar-refractivity contribution in [2.45, 2.75) is 153 Å². The van der Waals surface area contributed by atoms with Crippen molar-refractivity contribution in [3.05, 3.63) is 85.1 Å². The SMILES string of the molecule is CCCCC/C=C\C\C=C/C=C/C=C/[C@@H](SC[C@H](N)C(=O)OC[C@H](COP(=O)([O-])OCC[N+](C)(C)C)OC(=O)CCCC/C=C\C/C=C\C/C=C\CCCCC)[C@@H](O)CCCC(=O)O. The Morgan fingerprint density at radius 3 is 1.88 bits per heavy atom. The number of carbonyl (C=O) groups excluding carboxylic acids is 2. The molecule has 0 saturated heterocycles. The summed E-state index contributed by atoms with van der Waals surface area (Å²) in [6, 6.07) is -1.15. The third-order valence-corrected chi connectivity index (χ3v) is 11.8. The zero-order valence-electron chi connectivity index (χ0n) is 39.6. The number of unbranched alkanes of at least 4 members (excludes halogenated alkanes) is 8. The Bertz CT molecular complexity index is 1490. The Balaban J connectivity index is 5.32. The number of aliphatic hydroxyl groups excluding tert-OH is 1. The van der Waals surface area contributed by atoms with Crippen LogP contribution in [0.3, 0.4) is 0 Å². The summed E-state index contributed by atoms with van der Waals surface area (Å²) < 4.78 is 33.9. The number of quaternary nitrogens is 1. The number of nitrogens with two attached hydrogens (primary N) is 1. The molecule has 0 aromatic heterocycles. The number of esters is 2. The third kappa shape index (κ3) is 40.4. The molecule has 1 unspecified atom stereocenters. The molecule has 0 saturated carbocycles. The van der Waals surface area contributed by atoms with Gasteiger partial charge >= 0.3 is 17.9 Å². The van der Waals surface area contributed by atoms with E-state index in [1.807, 2.05) is 45.4 Å². The lowest BCUT2D eigenvalue weighted by molar-refractivity contribution is -0.870. The maximum atomic E-state index is 13.0. The fourth-order valence-corrected chi connectivity index (χ4v) is 7.43. The summed E-state index contributed by atoms with van der Waals surface area (Å²) in [5.74, 6) is -2.35. The number of rotatable bonds is 41. The van der Waals surface area contributed by atoms with Crippen LogP contribution in [-0.2, 0) is 37.5 Å². The molecule has 0 aromatic carbocycles. The van der Waals surface area contributed by atoms with Gasteiger partial charge in [-0.15, -0.1) is 11.8 Å². The Kier molecular flexibility index (Phi) is 38.3. The highest BCUT2D eigenvalue weighted by Crippen LogP contribution is 2.38. The number of likely N-dealkylation sites (N-methyl/N-ethyl adjacent to an activating group) is 1. The zero-order valence-corrected chi connectivity index (χ0v) is 41.3. The predicted octanol–water partition coefficient (Wildman–Crippen LogP) is 9.48. The van der Waals surface area contributed by atoms with Crippen molar-refractivity contribution < 1.29 is 57.1 Å². The van der Waals surface area contributed by atoms with Gasteiger partial charge in [0.2, 0.25) is 0 Å². The summed E-state index contributed by atoms with van der Waals surface area (Å²) in [5, 5.41) is 19.5. The number of aliphatic carboxylic acids is 1. The van der Waals surface area contributed by atoms with Gasteiger partial charge in [0, 0.05) is 23.8 Å². The van der Waals surface area contributed by atoms with E-state index in [1.54, 1.807) is 12.2 Å². The molecule has 64 heavy (non-hydrogen) atoms. The van der Waals surface area contributed by atoms with E-state index in [2.05, 4.69) is 62.5 Å². The molecular formula is C49H83N2O11PS. The fraction of sp³-hybridized carbons (Fsp3) is 0.653. The van der Waals surface area contributed by atoms with Gasteiger partial charge in [-0.2, -0.15) is 0 Å². The molecule has 0 spiro atoms. The molecule has 0 radical (unpaired) electrons. The lowest BCUT2D eigenvalue weighted by Crippen LogP contribution is -2.39. The van der Waals surface area contributed by atoms with Crippen molar-refractivity contribution in [3.63, 3.8) is 0 Å². The van der Waals surface area contributed by atoms with E-state index < -0.39 is 62.4 Å². The lowest BCUT2D eigenvalue weighted by atomic mass is 10.1. The maximum absolute atomic E-state index is 13.0. The number of phosphoric ester groups is 1. The fourth-order valence-electron chi connectivity index (χ4n) is 5.57. The van der Waals surface area contributed by atoms with E-state index in [9.17, 15) is 28.9 Å². The minimum absolute atomic E-state index is 0.0378. The van der Waals surface area contributed by atoms with Gasteiger partial charge in [0.25, 0.3) is 7.82 Å². The lowest BCUT2D eigenvalue weighted by Gasteiger charge is -2.28. The van der Waals surface area contributed by atoms with Crippen LogP contribution in [0.15, 0.2) is 85.1 Å². The zero-order chi connectivity index (χ0) is 47.7. The van der Waals surface area contributed by atoms with Gasteiger partial charge in [-0.1, -0.05) is 125 Å². The Labute approximate surface area is 390 Å². The van der Waals surface area contributed by atoms with Gasteiger partial charge in [-0.05, 0) is 77.0 Å². The van der Waals surface area contributed by atoms with Gasteiger partial charge in [0.15, 0.2) is 6.10 Å². The maximum Gasteiger partial charge on any atom is 0.323 e. The first-order chi connectivity index (χ1) is 30.6. The number of ether oxygens (including phenoxy) is 2. The Hall–Kier alpha value is -3.07. The molecule has 4 N–H and O–H groups in total. The standard InChI is InChI=1S/C49H83N2O11PS/c1-6-8-10-12-14-16-18-20-21-22-24-26-28-30-32-37-48(55)62-43(41-61-63(57,58)60-39-38-51(3,4)5)40-59-49(56)44(50)42-64-46(45(52)34-33-36-47(53)54)35-31-29-27-25-23-19-17-15-13-11-9-7-2/h14-17,20-21,23-27,29,31,35,43-46,52H,6-13,18-19,22,28,30,32-34,36-42,50H2,1-5H3,(H-,53,54,57,58)/b16-14-,17-15-,21-20-,25-23-,26-24-,29-27+,35-31+/t43-,44+,45+,46-/m1/s1. The van der Waals surface area contributed by atoms with Gasteiger partial charge < -0.3 is 43.8 Å². The summed E-state index contributed by atoms with van der Waals surface area (Å²) in [6.45, 7) is 3.51. The first-order valence-corrected chi connectivity index (χ1v) is 25.7. The summed E-state index contributed by atoms with van der Waals surface area (Å²) in [7, 11) is 0.868. The summed E-state index contributed by atoms with van der Waals surface area (Å²) in [5.41, 5.74) is 6.19. The van der Waals surface area contributed by atoms with E-state index in [-0.39, 0.29) is 38.0 Å². The predicted molar refractivity (Wildman–Crippen MR) is 260 cm³/mol. The van der Waals surface area contributed by atoms with Crippen LogP contribution < -0.4 is 10.6 Å². The highest BCUT2D eigenvalue weighted by molar-refractivity contribution is 8.00. The smallest absolute Gasteiger partial charge is 0.323 e. The number of carbonyl (C=O) groups is 3. The molecule has 0 rings (SSSR count). The largest absolute Gasteiger partial charge is 0.756 e. The van der Waals surface area contributed by atoms with Crippen molar-refractivity contribution in [3.8, 4) is 0 Å². The van der Waals surface area contributed by atoms with E-state index >= 15 is 0 Å². The minimum Gasteiger partial charge on any atom is -0.756 e. The molecule has 15 heteroatoms. The second kappa shape index (κ2) is 40.2. The Morgan fingerprint density at radius 1 is 0.734 bits per heavy atom.